The van der Waals surface area contributed by atoms with E-state index < -0.39 is 5.60 Å². The normalized spacial score (nSPS) is 16.5. The number of amides is 1. The molecule has 0 radical (unpaired) electrons. The van der Waals surface area contributed by atoms with E-state index in [2.05, 4.69) is 17.4 Å². The Labute approximate surface area is 142 Å². The number of hydrogen-bond donors (Lipinski definition) is 2. The Bertz CT molecular complexity index is 661. The van der Waals surface area contributed by atoms with Crippen LogP contribution in [-0.4, -0.2) is 36.4 Å². The summed E-state index contributed by atoms with van der Waals surface area (Å²) in [7, 11) is 0. The first-order valence-corrected chi connectivity index (χ1v) is 8.36. The first-order valence-electron chi connectivity index (χ1n) is 8.36. The van der Waals surface area contributed by atoms with Crippen LogP contribution in [0.1, 0.15) is 18.4 Å². The van der Waals surface area contributed by atoms with E-state index in [1.54, 1.807) is 0 Å². The first kappa shape index (κ1) is 16.7. The number of aliphatic hydroxyl groups is 1. The van der Waals surface area contributed by atoms with Gasteiger partial charge in [0.2, 0.25) is 5.91 Å². The summed E-state index contributed by atoms with van der Waals surface area (Å²) in [4.78, 5) is 12.1. The van der Waals surface area contributed by atoms with Crippen molar-refractivity contribution in [2.45, 2.75) is 24.9 Å². The Kier molecular flexibility index (Phi) is 5.28. The van der Waals surface area contributed by atoms with Gasteiger partial charge in [0.15, 0.2) is 0 Å². The standard InChI is InChI=1S/C20H23NO3/c22-19(21-15-20(23)10-12-24-13-11-20)14-16-6-8-18(9-7-16)17-4-2-1-3-5-17/h1-9,23H,10-15H2,(H,21,22). The van der Waals surface area contributed by atoms with Gasteiger partial charge in [0.1, 0.15) is 0 Å². The van der Waals surface area contributed by atoms with Crippen LogP contribution in [0.5, 0.6) is 0 Å². The van der Waals surface area contributed by atoms with E-state index in [-0.39, 0.29) is 12.5 Å². The van der Waals surface area contributed by atoms with Gasteiger partial charge in [0, 0.05) is 32.6 Å². The molecule has 0 aliphatic carbocycles. The zero-order chi connectivity index (χ0) is 16.8. The van der Waals surface area contributed by atoms with E-state index in [1.165, 1.54) is 0 Å². The van der Waals surface area contributed by atoms with Crippen LogP contribution in [0.25, 0.3) is 11.1 Å². The zero-order valence-electron chi connectivity index (χ0n) is 13.7. The Morgan fingerprint density at radius 3 is 2.29 bits per heavy atom. The van der Waals surface area contributed by atoms with Gasteiger partial charge >= 0.3 is 0 Å². The topological polar surface area (TPSA) is 58.6 Å². The summed E-state index contributed by atoms with van der Waals surface area (Å²) in [6.07, 6.45) is 1.46. The van der Waals surface area contributed by atoms with Crippen molar-refractivity contribution in [3.05, 3.63) is 60.2 Å². The van der Waals surface area contributed by atoms with Gasteiger partial charge in [-0.3, -0.25) is 4.79 Å². The molecule has 1 aliphatic heterocycles. The van der Waals surface area contributed by atoms with Gasteiger partial charge < -0.3 is 15.2 Å². The minimum absolute atomic E-state index is 0.0672. The molecule has 2 aromatic rings. The molecule has 2 aromatic carbocycles. The molecular formula is C20H23NO3. The van der Waals surface area contributed by atoms with Crippen LogP contribution in [0.15, 0.2) is 54.6 Å². The molecule has 2 N–H and O–H groups in total. The minimum Gasteiger partial charge on any atom is -0.388 e. The molecule has 0 saturated carbocycles. The Morgan fingerprint density at radius 1 is 1.00 bits per heavy atom. The van der Waals surface area contributed by atoms with Crippen molar-refractivity contribution in [3.63, 3.8) is 0 Å². The third-order valence-corrected chi connectivity index (χ3v) is 4.46. The highest BCUT2D eigenvalue weighted by molar-refractivity contribution is 5.79. The molecule has 0 unspecified atom stereocenters. The zero-order valence-corrected chi connectivity index (χ0v) is 13.7. The summed E-state index contributed by atoms with van der Waals surface area (Å²) >= 11 is 0. The third kappa shape index (κ3) is 4.43. The lowest BCUT2D eigenvalue weighted by molar-refractivity contribution is -0.123. The molecular weight excluding hydrogens is 302 g/mol. The molecule has 1 aliphatic rings. The van der Waals surface area contributed by atoms with E-state index in [1.807, 2.05) is 42.5 Å². The second-order valence-electron chi connectivity index (χ2n) is 6.35. The summed E-state index contributed by atoms with van der Waals surface area (Å²) in [6, 6.07) is 18.2. The van der Waals surface area contributed by atoms with Crippen LogP contribution in [0.4, 0.5) is 0 Å². The molecule has 24 heavy (non-hydrogen) atoms. The maximum absolute atomic E-state index is 12.1. The molecule has 3 rings (SSSR count). The van der Waals surface area contributed by atoms with Crippen LogP contribution < -0.4 is 5.32 Å². The smallest absolute Gasteiger partial charge is 0.224 e. The van der Waals surface area contributed by atoms with Gasteiger partial charge in [-0.25, -0.2) is 0 Å². The van der Waals surface area contributed by atoms with Crippen molar-refractivity contribution in [1.29, 1.82) is 0 Å². The lowest BCUT2D eigenvalue weighted by atomic mass is 9.94. The van der Waals surface area contributed by atoms with Gasteiger partial charge in [0.25, 0.3) is 0 Å². The fraction of sp³-hybridized carbons (Fsp3) is 0.350. The van der Waals surface area contributed by atoms with E-state index in [4.69, 9.17) is 4.74 Å². The van der Waals surface area contributed by atoms with Gasteiger partial charge in [0.05, 0.1) is 12.0 Å². The molecule has 0 bridgehead atoms. The van der Waals surface area contributed by atoms with E-state index in [9.17, 15) is 9.90 Å². The molecule has 0 atom stereocenters. The van der Waals surface area contributed by atoms with Gasteiger partial charge in [-0.1, -0.05) is 54.6 Å². The highest BCUT2D eigenvalue weighted by atomic mass is 16.5. The van der Waals surface area contributed by atoms with Crippen molar-refractivity contribution >= 4 is 5.91 Å². The van der Waals surface area contributed by atoms with Crippen LogP contribution in [0.3, 0.4) is 0 Å². The Balaban J connectivity index is 1.53. The van der Waals surface area contributed by atoms with Crippen molar-refractivity contribution in [2.24, 2.45) is 0 Å². The number of nitrogens with one attached hydrogen (secondary N) is 1. The second-order valence-corrected chi connectivity index (χ2v) is 6.35. The van der Waals surface area contributed by atoms with E-state index in [0.717, 1.165) is 16.7 Å². The average molecular weight is 325 g/mol. The number of benzene rings is 2. The average Bonchev–Trinajstić information content (AvgIpc) is 2.62. The minimum atomic E-state index is -0.828. The molecule has 0 spiro atoms. The van der Waals surface area contributed by atoms with E-state index >= 15 is 0 Å². The first-order chi connectivity index (χ1) is 11.6. The monoisotopic (exact) mass is 325 g/mol. The van der Waals surface area contributed by atoms with Crippen LogP contribution in [0, 0.1) is 0 Å². The number of ether oxygens (including phenoxy) is 1. The molecule has 4 heteroatoms. The lowest BCUT2D eigenvalue weighted by Gasteiger charge is -2.32. The summed E-state index contributed by atoms with van der Waals surface area (Å²) in [6.45, 7) is 1.39. The third-order valence-electron chi connectivity index (χ3n) is 4.46. The molecule has 1 amide bonds. The van der Waals surface area contributed by atoms with Gasteiger partial charge in [-0.05, 0) is 16.7 Å². The second kappa shape index (κ2) is 7.60. The quantitative estimate of drug-likeness (QED) is 0.888. The fourth-order valence-corrected chi connectivity index (χ4v) is 2.88. The predicted octanol–water partition coefficient (Wildman–Crippen LogP) is 2.55. The molecule has 1 fully saturated rings. The number of carbonyl (C=O) groups excluding carboxylic acids is 1. The summed E-state index contributed by atoms with van der Waals surface area (Å²) < 4.78 is 5.24. The van der Waals surface area contributed by atoms with Gasteiger partial charge in [-0.2, -0.15) is 0 Å². The largest absolute Gasteiger partial charge is 0.388 e. The highest BCUT2D eigenvalue weighted by Crippen LogP contribution is 2.20. The maximum atomic E-state index is 12.1. The molecule has 1 saturated heterocycles. The van der Waals surface area contributed by atoms with Crippen molar-refractivity contribution in [1.82, 2.24) is 5.32 Å². The van der Waals surface area contributed by atoms with Crippen molar-refractivity contribution in [3.8, 4) is 11.1 Å². The SMILES string of the molecule is O=C(Cc1ccc(-c2ccccc2)cc1)NCC1(O)CCOCC1. The Hall–Kier alpha value is -2.17. The number of hydrogen-bond acceptors (Lipinski definition) is 3. The van der Waals surface area contributed by atoms with Gasteiger partial charge in [-0.15, -0.1) is 0 Å². The molecule has 4 nitrogen and oxygen atoms in total. The predicted molar refractivity (Wildman–Crippen MR) is 93.6 cm³/mol. The number of carbonyl (C=O) groups is 1. The Morgan fingerprint density at radius 2 is 1.62 bits per heavy atom. The highest BCUT2D eigenvalue weighted by Gasteiger charge is 2.29. The van der Waals surface area contributed by atoms with Crippen molar-refractivity contribution < 1.29 is 14.6 Å². The molecule has 126 valence electrons. The summed E-state index contributed by atoms with van der Waals surface area (Å²) in [5.41, 5.74) is 2.43. The lowest BCUT2D eigenvalue weighted by Crippen LogP contribution is -2.46. The summed E-state index contributed by atoms with van der Waals surface area (Å²) in [5.74, 6) is -0.0672. The summed E-state index contributed by atoms with van der Waals surface area (Å²) in [5, 5.41) is 13.2. The molecule has 0 aromatic heterocycles. The fourth-order valence-electron chi connectivity index (χ4n) is 2.88. The van der Waals surface area contributed by atoms with Crippen LogP contribution >= 0.6 is 0 Å². The maximum Gasteiger partial charge on any atom is 0.224 e. The van der Waals surface area contributed by atoms with E-state index in [0.29, 0.717) is 32.5 Å². The number of rotatable bonds is 5. The van der Waals surface area contributed by atoms with Crippen LogP contribution in [0.2, 0.25) is 0 Å². The van der Waals surface area contributed by atoms with Crippen molar-refractivity contribution in [2.75, 3.05) is 19.8 Å². The molecule has 1 heterocycles. The van der Waals surface area contributed by atoms with Crippen LogP contribution in [-0.2, 0) is 16.0 Å².